The van der Waals surface area contributed by atoms with E-state index >= 15 is 0 Å². The number of halogens is 3. The van der Waals surface area contributed by atoms with Crippen LogP contribution in [-0.2, 0) is 6.54 Å². The molecular weight excluding hydrogens is 291 g/mol. The second kappa shape index (κ2) is 5.46. The molecule has 0 fully saturated rings. The van der Waals surface area contributed by atoms with Crippen LogP contribution in [0.2, 0.25) is 0 Å². The number of nitrogen functional groups attached to an aromatic ring is 1. The number of ether oxygens (including phenoxy) is 2. The summed E-state index contributed by atoms with van der Waals surface area (Å²) in [4.78, 5) is 0. The molecule has 0 spiro atoms. The van der Waals surface area contributed by atoms with E-state index in [0.717, 1.165) is 0 Å². The summed E-state index contributed by atoms with van der Waals surface area (Å²) in [5.74, 6) is 0.558. The van der Waals surface area contributed by atoms with Crippen molar-refractivity contribution in [3.8, 4) is 22.9 Å². The largest absolute Gasteiger partial charge is 0.493 e. The zero-order valence-corrected chi connectivity index (χ0v) is 11.2. The van der Waals surface area contributed by atoms with Gasteiger partial charge in [0.05, 0.1) is 14.2 Å². The molecule has 0 atom stereocenters. The number of nitrogens with two attached hydrogens (primary N) is 1. The first-order chi connectivity index (χ1) is 9.85. The van der Waals surface area contributed by atoms with Crippen molar-refractivity contribution in [3.05, 3.63) is 12.1 Å². The summed E-state index contributed by atoms with van der Waals surface area (Å²) in [5.41, 5.74) is 6.21. The predicted octanol–water partition coefficient (Wildman–Crippen LogP) is 1.50. The molecule has 0 unspecified atom stereocenters. The van der Waals surface area contributed by atoms with Crippen LogP contribution in [-0.4, -0.2) is 40.6 Å². The van der Waals surface area contributed by atoms with Gasteiger partial charge in [-0.05, 0) is 16.5 Å². The molecule has 114 valence electrons. The molecule has 0 bridgehead atoms. The van der Waals surface area contributed by atoms with Crippen LogP contribution >= 0.6 is 0 Å². The van der Waals surface area contributed by atoms with Crippen molar-refractivity contribution in [2.45, 2.75) is 12.7 Å². The minimum absolute atomic E-state index is 0.106. The molecule has 0 saturated carbocycles. The first-order valence-electron chi connectivity index (χ1n) is 5.70. The summed E-state index contributed by atoms with van der Waals surface area (Å²) >= 11 is 0. The van der Waals surface area contributed by atoms with Gasteiger partial charge in [0.25, 0.3) is 0 Å². The van der Waals surface area contributed by atoms with Gasteiger partial charge in [-0.25, -0.2) is 4.68 Å². The molecule has 2 N–H and O–H groups in total. The van der Waals surface area contributed by atoms with Crippen LogP contribution in [0.3, 0.4) is 0 Å². The zero-order valence-electron chi connectivity index (χ0n) is 11.2. The number of alkyl halides is 3. The van der Waals surface area contributed by atoms with Crippen molar-refractivity contribution < 1.29 is 22.6 Å². The third-order valence-electron chi connectivity index (χ3n) is 2.66. The molecule has 0 saturated heterocycles. The summed E-state index contributed by atoms with van der Waals surface area (Å²) in [7, 11) is 2.82. The molecule has 21 heavy (non-hydrogen) atoms. The van der Waals surface area contributed by atoms with Crippen molar-refractivity contribution in [1.29, 1.82) is 0 Å². The predicted molar refractivity (Wildman–Crippen MR) is 66.8 cm³/mol. The highest BCUT2D eigenvalue weighted by atomic mass is 19.4. The van der Waals surface area contributed by atoms with Crippen molar-refractivity contribution >= 4 is 5.69 Å². The molecule has 0 aliphatic carbocycles. The highest BCUT2D eigenvalue weighted by Crippen LogP contribution is 2.36. The van der Waals surface area contributed by atoms with Crippen molar-refractivity contribution in [2.24, 2.45) is 0 Å². The van der Waals surface area contributed by atoms with E-state index in [9.17, 15) is 13.2 Å². The van der Waals surface area contributed by atoms with E-state index in [1.54, 1.807) is 0 Å². The topological polar surface area (TPSA) is 88.1 Å². The van der Waals surface area contributed by atoms with Gasteiger partial charge < -0.3 is 15.2 Å². The number of methoxy groups -OCH3 is 2. The molecule has 2 rings (SSSR count). The fourth-order valence-electron chi connectivity index (χ4n) is 1.76. The number of nitrogens with zero attached hydrogens (tertiary/aromatic N) is 4. The fourth-order valence-corrected chi connectivity index (χ4v) is 1.76. The molecule has 0 aliphatic rings. The van der Waals surface area contributed by atoms with E-state index in [0.29, 0.717) is 16.2 Å². The minimum atomic E-state index is -4.45. The third kappa shape index (κ3) is 3.15. The van der Waals surface area contributed by atoms with Gasteiger partial charge in [-0.15, -0.1) is 5.10 Å². The number of aromatic nitrogens is 4. The Morgan fingerprint density at radius 2 is 1.81 bits per heavy atom. The van der Waals surface area contributed by atoms with Crippen LogP contribution in [0.4, 0.5) is 18.9 Å². The zero-order chi connectivity index (χ0) is 15.6. The number of tetrazole rings is 1. The average molecular weight is 303 g/mol. The van der Waals surface area contributed by atoms with E-state index in [1.807, 2.05) is 0 Å². The maximum atomic E-state index is 12.5. The van der Waals surface area contributed by atoms with E-state index in [4.69, 9.17) is 15.2 Å². The van der Waals surface area contributed by atoms with Gasteiger partial charge in [0, 0.05) is 17.3 Å². The smallest absolute Gasteiger partial charge is 0.408 e. The monoisotopic (exact) mass is 303 g/mol. The lowest BCUT2D eigenvalue weighted by molar-refractivity contribution is -0.142. The van der Waals surface area contributed by atoms with Crippen molar-refractivity contribution in [1.82, 2.24) is 20.2 Å². The Bertz CT molecular complexity index is 641. The normalized spacial score (nSPS) is 11.5. The number of benzene rings is 1. The molecule has 7 nitrogen and oxygen atoms in total. The Kier molecular flexibility index (Phi) is 3.87. The first kappa shape index (κ1) is 14.9. The molecule has 0 radical (unpaired) electrons. The Balaban J connectivity index is 2.50. The average Bonchev–Trinajstić information content (AvgIpc) is 2.84. The number of hydrogen-bond acceptors (Lipinski definition) is 6. The highest BCUT2D eigenvalue weighted by molar-refractivity contribution is 5.75. The second-order valence-electron chi connectivity index (χ2n) is 4.07. The maximum absolute atomic E-state index is 12.5. The lowest BCUT2D eigenvalue weighted by Crippen LogP contribution is -2.19. The first-order valence-corrected chi connectivity index (χ1v) is 5.70. The summed E-state index contributed by atoms with van der Waals surface area (Å²) in [6.07, 6.45) is -4.45. The van der Waals surface area contributed by atoms with Gasteiger partial charge in [0.2, 0.25) is 0 Å². The lowest BCUT2D eigenvalue weighted by atomic mass is 10.1. The van der Waals surface area contributed by atoms with Gasteiger partial charge in [-0.1, -0.05) is 0 Å². The Labute approximate surface area is 117 Å². The molecule has 10 heteroatoms. The van der Waals surface area contributed by atoms with Crippen LogP contribution in [0.15, 0.2) is 12.1 Å². The number of hydrogen-bond donors (Lipinski definition) is 1. The van der Waals surface area contributed by atoms with Gasteiger partial charge >= 0.3 is 6.18 Å². The van der Waals surface area contributed by atoms with E-state index < -0.39 is 12.7 Å². The quantitative estimate of drug-likeness (QED) is 0.861. The molecule has 0 aliphatic heterocycles. The minimum Gasteiger partial charge on any atom is -0.493 e. The molecule has 0 amide bonds. The number of rotatable bonds is 4. The van der Waals surface area contributed by atoms with E-state index in [-0.39, 0.29) is 17.1 Å². The summed E-state index contributed by atoms with van der Waals surface area (Å²) in [5, 5.41) is 10.2. The highest BCUT2D eigenvalue weighted by Gasteiger charge is 2.31. The molecule has 2 aromatic rings. The Morgan fingerprint density at radius 1 is 1.19 bits per heavy atom. The van der Waals surface area contributed by atoms with Gasteiger partial charge in [0.1, 0.15) is 6.54 Å². The molecule has 1 aromatic carbocycles. The van der Waals surface area contributed by atoms with E-state index in [1.165, 1.54) is 26.4 Å². The summed E-state index contributed by atoms with van der Waals surface area (Å²) < 4.78 is 48.2. The van der Waals surface area contributed by atoms with Gasteiger partial charge in [-0.3, -0.25) is 0 Å². The number of anilines is 1. The molecule has 1 aromatic heterocycles. The Morgan fingerprint density at radius 3 is 2.38 bits per heavy atom. The lowest BCUT2D eigenvalue weighted by Gasteiger charge is -2.13. The van der Waals surface area contributed by atoms with Gasteiger partial charge in [-0.2, -0.15) is 13.2 Å². The van der Waals surface area contributed by atoms with Crippen molar-refractivity contribution in [3.63, 3.8) is 0 Å². The van der Waals surface area contributed by atoms with Crippen LogP contribution in [0.25, 0.3) is 11.4 Å². The Hall–Kier alpha value is -2.52. The van der Waals surface area contributed by atoms with E-state index in [2.05, 4.69) is 15.5 Å². The van der Waals surface area contributed by atoms with Gasteiger partial charge in [0.15, 0.2) is 17.3 Å². The third-order valence-corrected chi connectivity index (χ3v) is 2.66. The van der Waals surface area contributed by atoms with Crippen LogP contribution < -0.4 is 15.2 Å². The summed E-state index contributed by atoms with van der Waals surface area (Å²) in [6, 6.07) is 2.85. The SMILES string of the molecule is COc1cc(N)c(-c2nnnn2CC(F)(F)F)cc1OC. The van der Waals surface area contributed by atoms with Crippen LogP contribution in [0.1, 0.15) is 0 Å². The molecular formula is C11H12F3N5O2. The maximum Gasteiger partial charge on any atom is 0.408 e. The van der Waals surface area contributed by atoms with Crippen molar-refractivity contribution in [2.75, 3.05) is 20.0 Å². The fraction of sp³-hybridized carbons (Fsp3) is 0.364. The molecule has 1 heterocycles. The summed E-state index contributed by atoms with van der Waals surface area (Å²) in [6.45, 7) is -1.32. The van der Waals surface area contributed by atoms with Crippen LogP contribution in [0.5, 0.6) is 11.5 Å². The van der Waals surface area contributed by atoms with Crippen LogP contribution in [0, 0.1) is 0 Å². The standard InChI is InChI=1S/C11H12F3N5O2/c1-20-8-3-6(7(15)4-9(8)21-2)10-16-17-18-19(10)5-11(12,13)14/h3-4H,5,15H2,1-2H3. The second-order valence-corrected chi connectivity index (χ2v) is 4.07.